The first kappa shape index (κ1) is 74.2. The number of rotatable bonds is 17. The van der Waals surface area contributed by atoms with Crippen LogP contribution in [-0.4, -0.2) is 188 Å². The summed E-state index contributed by atoms with van der Waals surface area (Å²) in [5.41, 5.74) is -5.35. The standard InChI is InChI=1S/2C23H24ClFN2O5.C22H23ClFN3O5.Ca/c2*1-26-12-23(8-13(9-23)11-32-2)27-10-15(20(29)21(30)19(27)22(26)31)17(28)7-6-14-4-3-5-16(24)18(14)25;1-26-11-22(6-12(7-22)10-32-2)27-9-14(18(28)19(29)17(27)21(26)31)20(30)25-8-13-4-3-5-15(23)16(13)24;/h2*3-5,10,13,30H,6-9,11-12H2,1-2H3;3-5,9,12,29H,6-8,10-11H2,1-2H3,(H,25,30);/q;;;+2/p-2. The van der Waals surface area contributed by atoms with Crippen molar-refractivity contribution in [3.8, 4) is 17.2 Å². The van der Waals surface area contributed by atoms with E-state index in [2.05, 4.69) is 5.32 Å². The Balaban J connectivity index is 0.000000170. The molecule has 0 bridgehead atoms. The fraction of sp³-hybridized carbons (Fsp3) is 0.426. The third-order valence-electron chi connectivity index (χ3n) is 19.1. The van der Waals surface area contributed by atoms with E-state index in [0.29, 0.717) is 78.0 Å². The second-order valence-corrected chi connectivity index (χ2v) is 27.0. The van der Waals surface area contributed by atoms with Gasteiger partial charge in [0.05, 0.1) is 42.8 Å². The van der Waals surface area contributed by atoms with Crippen LogP contribution in [0.2, 0.25) is 15.1 Å². The minimum absolute atomic E-state index is 0. The Bertz CT molecular complexity index is 3910. The summed E-state index contributed by atoms with van der Waals surface area (Å²) in [6, 6.07) is 13.4. The molecular formula is C68H69CaCl3F3N7O15. The van der Waals surface area contributed by atoms with Gasteiger partial charge < -0.3 is 63.2 Å². The molecule has 22 nitrogen and oxygen atoms in total. The Hall–Kier alpha value is -7.07. The number of ether oxygens (including phenoxy) is 3. The summed E-state index contributed by atoms with van der Waals surface area (Å²) >= 11 is 17.3. The SMILES string of the molecule is COCC1CC2(C1)CN(C)C(=O)c1c(O)c(=O)c(C(=O)CCc3cccc(Cl)c3F)cn12.COCC1CC2(C1)CN(C)C(=O)c1c([O-])c(=O)c(C(=O)CCc3cccc(Cl)c3F)cn12.COCC1CC2(C1)CN(C)C(=O)c1c([O-])c(=O)c(C(=O)NCc3cccc(Cl)c3F)cn12.[Ca+2]. The number of benzene rings is 3. The number of nitrogens with one attached hydrogen (secondary N) is 1. The Kier molecular flexibility index (Phi) is 22.8. The van der Waals surface area contributed by atoms with Gasteiger partial charge in [-0.1, -0.05) is 71.2 Å². The second-order valence-electron chi connectivity index (χ2n) is 25.8. The van der Waals surface area contributed by atoms with E-state index in [0.717, 1.165) is 0 Å². The molecule has 4 amide bonds. The third-order valence-corrected chi connectivity index (χ3v) is 20.0. The maximum absolute atomic E-state index is 14.2. The quantitative estimate of drug-likeness (QED) is 0.0731. The zero-order valence-electron chi connectivity index (χ0n) is 54.0. The number of amides is 4. The van der Waals surface area contributed by atoms with Crippen LogP contribution in [0.4, 0.5) is 13.2 Å². The molecule has 0 unspecified atom stereocenters. The topological polar surface area (TPSA) is 284 Å². The fourth-order valence-electron chi connectivity index (χ4n) is 14.7. The van der Waals surface area contributed by atoms with Crippen LogP contribution < -0.4 is 31.8 Å². The number of halogens is 6. The van der Waals surface area contributed by atoms with Gasteiger partial charge in [-0.15, -0.1) is 0 Å². The van der Waals surface area contributed by atoms with Crippen LogP contribution >= 0.6 is 34.8 Å². The van der Waals surface area contributed by atoms with Gasteiger partial charge in [-0.2, -0.15) is 0 Å². The molecule has 6 aliphatic rings. The number of carbonyl (C=O) groups is 6. The van der Waals surface area contributed by atoms with Gasteiger partial charge in [0, 0.05) is 125 Å². The minimum Gasteiger partial charge on any atom is -0.868 e. The van der Waals surface area contributed by atoms with Gasteiger partial charge in [0.25, 0.3) is 23.6 Å². The van der Waals surface area contributed by atoms with E-state index < -0.39 is 103 Å². The van der Waals surface area contributed by atoms with E-state index in [1.165, 1.54) is 80.3 Å². The van der Waals surface area contributed by atoms with Crippen molar-refractivity contribution in [2.45, 2.75) is 87.4 Å². The summed E-state index contributed by atoms with van der Waals surface area (Å²) in [4.78, 5) is 119. The maximum atomic E-state index is 14.2. The number of aromatic hydroxyl groups is 1. The molecular weight excluding hydrogens is 1360 g/mol. The Morgan fingerprint density at radius 1 is 0.526 bits per heavy atom. The van der Waals surface area contributed by atoms with Gasteiger partial charge >= 0.3 is 37.7 Å². The van der Waals surface area contributed by atoms with Crippen LogP contribution in [0.15, 0.2) is 87.6 Å². The molecule has 6 aromatic rings. The van der Waals surface area contributed by atoms with Crippen molar-refractivity contribution in [1.29, 1.82) is 0 Å². The van der Waals surface area contributed by atoms with Crippen molar-refractivity contribution in [1.82, 2.24) is 33.7 Å². The van der Waals surface area contributed by atoms with Crippen LogP contribution in [-0.2, 0) is 50.2 Å². The molecule has 97 heavy (non-hydrogen) atoms. The van der Waals surface area contributed by atoms with Crippen molar-refractivity contribution in [2.75, 3.05) is 81.9 Å². The number of nitrogens with zero attached hydrogens (tertiary/aromatic N) is 6. The summed E-state index contributed by atoms with van der Waals surface area (Å²) in [6.07, 6.45) is 7.79. The molecule has 0 saturated heterocycles. The average molecular weight is 1430 g/mol. The minimum atomic E-state index is -1.06. The number of ketones is 2. The molecule has 2 N–H and O–H groups in total. The summed E-state index contributed by atoms with van der Waals surface area (Å²) < 4.78 is 62.7. The summed E-state index contributed by atoms with van der Waals surface area (Å²) in [5.74, 6) is -7.31. The van der Waals surface area contributed by atoms with Crippen LogP contribution in [0.3, 0.4) is 0 Å². The number of hydrogen-bond acceptors (Lipinski definition) is 15. The number of fused-ring (bicyclic) bond motifs is 6. The number of aryl methyl sites for hydroxylation is 2. The molecule has 3 aliphatic carbocycles. The molecule has 29 heteroatoms. The van der Waals surface area contributed by atoms with Crippen LogP contribution in [0, 0.1) is 35.2 Å². The van der Waals surface area contributed by atoms with Gasteiger partial charge in [-0.25, -0.2) is 13.2 Å². The van der Waals surface area contributed by atoms with Crippen molar-refractivity contribution >= 4 is 108 Å². The predicted octanol–water partition coefficient (Wildman–Crippen LogP) is 6.47. The van der Waals surface area contributed by atoms with E-state index in [1.54, 1.807) is 63.7 Å². The van der Waals surface area contributed by atoms with E-state index in [9.17, 15) is 71.6 Å². The fourth-order valence-corrected chi connectivity index (χ4v) is 15.3. The first-order valence-electron chi connectivity index (χ1n) is 30.8. The zero-order valence-corrected chi connectivity index (χ0v) is 58.5. The average Bonchev–Trinajstić information content (AvgIpc) is 0.728. The van der Waals surface area contributed by atoms with E-state index >= 15 is 0 Å². The number of hydrogen-bond donors (Lipinski definition) is 2. The Morgan fingerprint density at radius 2 is 0.845 bits per heavy atom. The van der Waals surface area contributed by atoms with E-state index in [-0.39, 0.29) is 153 Å². The van der Waals surface area contributed by atoms with Gasteiger partial charge in [0.2, 0.25) is 5.43 Å². The first-order chi connectivity index (χ1) is 45.5. The molecule has 3 aliphatic heterocycles. The van der Waals surface area contributed by atoms with Crippen molar-refractivity contribution in [2.24, 2.45) is 17.8 Å². The summed E-state index contributed by atoms with van der Waals surface area (Å²) in [5, 5.41) is 38.6. The number of Topliss-reactive ketones (excluding diaryl/α,β-unsaturated/α-hetero) is 2. The van der Waals surface area contributed by atoms with Crippen molar-refractivity contribution in [3.05, 3.63) is 187 Å². The molecule has 3 saturated carbocycles. The zero-order chi connectivity index (χ0) is 69.6. The summed E-state index contributed by atoms with van der Waals surface area (Å²) in [6.45, 7) is 2.58. The molecule has 12 rings (SSSR count). The van der Waals surface area contributed by atoms with Crippen LogP contribution in [0.5, 0.6) is 17.2 Å². The number of likely N-dealkylation sites (N-methyl/N-ethyl adjacent to an activating group) is 3. The normalized spacial score (nSPS) is 21.8. The molecule has 3 spiro atoms. The van der Waals surface area contributed by atoms with Crippen LogP contribution in [0.25, 0.3) is 0 Å². The van der Waals surface area contributed by atoms with Gasteiger partial charge in [0.1, 0.15) is 34.4 Å². The molecule has 510 valence electrons. The van der Waals surface area contributed by atoms with Crippen LogP contribution in [0.1, 0.15) is 131 Å². The van der Waals surface area contributed by atoms with Gasteiger partial charge in [0.15, 0.2) is 33.9 Å². The largest absolute Gasteiger partial charge is 2.00 e. The molecule has 3 fully saturated rings. The van der Waals surface area contributed by atoms with E-state index in [4.69, 9.17) is 49.0 Å². The van der Waals surface area contributed by atoms with Gasteiger partial charge in [-0.05, 0) is 110 Å². The maximum Gasteiger partial charge on any atom is 2.00 e. The van der Waals surface area contributed by atoms with Gasteiger partial charge in [-0.3, -0.25) is 43.2 Å². The smallest absolute Gasteiger partial charge is 0.868 e. The molecule has 0 atom stereocenters. The molecule has 6 heterocycles. The predicted molar refractivity (Wildman–Crippen MR) is 348 cm³/mol. The van der Waals surface area contributed by atoms with E-state index in [1.807, 2.05) is 0 Å². The van der Waals surface area contributed by atoms with Crippen molar-refractivity contribution in [3.63, 3.8) is 0 Å². The Labute approximate surface area is 599 Å². The monoisotopic (exact) mass is 1430 g/mol. The second kappa shape index (κ2) is 29.8. The third kappa shape index (κ3) is 14.1. The number of methoxy groups -OCH3 is 3. The molecule has 0 radical (unpaired) electrons. The number of carbonyl (C=O) groups excluding carboxylic acids is 6. The van der Waals surface area contributed by atoms with Crippen molar-refractivity contribution < 1.29 is 71.5 Å². The number of aromatic nitrogens is 3. The molecule has 3 aromatic heterocycles. The number of pyridine rings is 3. The summed E-state index contributed by atoms with van der Waals surface area (Å²) in [7, 11) is 9.65. The first-order valence-corrected chi connectivity index (χ1v) is 32.0. The Morgan fingerprint density at radius 3 is 1.23 bits per heavy atom. The molecule has 3 aromatic carbocycles.